The summed E-state index contributed by atoms with van der Waals surface area (Å²) in [5, 5.41) is 3.03. The molecule has 150 valence electrons. The average molecular weight is 390 g/mol. The van der Waals surface area contributed by atoms with E-state index in [9.17, 15) is 14.4 Å². The molecule has 0 saturated heterocycles. The van der Waals surface area contributed by atoms with Crippen molar-refractivity contribution in [3.63, 3.8) is 0 Å². The summed E-state index contributed by atoms with van der Waals surface area (Å²) in [5.41, 5.74) is 1.66. The molecule has 3 amide bonds. The lowest BCUT2D eigenvalue weighted by Crippen LogP contribution is -2.51. The van der Waals surface area contributed by atoms with Crippen molar-refractivity contribution in [3.8, 4) is 0 Å². The van der Waals surface area contributed by atoms with Crippen molar-refractivity contribution in [2.24, 2.45) is 5.92 Å². The topological polar surface area (TPSA) is 66.5 Å². The molecule has 2 aliphatic rings. The molecule has 0 radical (unpaired) electrons. The Morgan fingerprint density at radius 3 is 2.10 bits per heavy atom. The fraction of sp³-hybridized carbons (Fsp3) is 0.375. The average Bonchev–Trinajstić information content (AvgIpc) is 3.02. The lowest BCUT2D eigenvalue weighted by Gasteiger charge is -2.27. The van der Waals surface area contributed by atoms with Crippen molar-refractivity contribution in [2.75, 3.05) is 6.54 Å². The van der Waals surface area contributed by atoms with E-state index in [1.165, 1.54) is 19.3 Å². The SMILES string of the molecule is O=C(NCC1CCCCC1)[C@@H](Cc1ccccc1)N1C(=O)c2ccccc2C1=O. The number of hydrogen-bond donors (Lipinski definition) is 1. The number of rotatable bonds is 6. The molecule has 1 heterocycles. The van der Waals surface area contributed by atoms with E-state index in [0.717, 1.165) is 23.3 Å². The van der Waals surface area contributed by atoms with E-state index in [4.69, 9.17) is 0 Å². The Labute approximate surface area is 171 Å². The van der Waals surface area contributed by atoms with E-state index < -0.39 is 6.04 Å². The van der Waals surface area contributed by atoms with Gasteiger partial charge < -0.3 is 5.32 Å². The quantitative estimate of drug-likeness (QED) is 0.767. The third-order valence-electron chi connectivity index (χ3n) is 6.00. The number of fused-ring (bicyclic) bond motifs is 1. The van der Waals surface area contributed by atoms with Gasteiger partial charge in [0.1, 0.15) is 6.04 Å². The molecule has 1 fully saturated rings. The number of carbonyl (C=O) groups is 3. The minimum absolute atomic E-state index is 0.256. The van der Waals surface area contributed by atoms with Gasteiger partial charge in [-0.3, -0.25) is 19.3 Å². The van der Waals surface area contributed by atoms with Gasteiger partial charge in [-0.25, -0.2) is 0 Å². The largest absolute Gasteiger partial charge is 0.354 e. The minimum atomic E-state index is -0.853. The molecule has 0 spiro atoms. The van der Waals surface area contributed by atoms with Gasteiger partial charge in [-0.2, -0.15) is 0 Å². The van der Waals surface area contributed by atoms with Gasteiger partial charge in [-0.05, 0) is 36.5 Å². The molecule has 0 aromatic heterocycles. The Balaban J connectivity index is 1.56. The number of nitrogens with one attached hydrogen (secondary N) is 1. The van der Waals surface area contributed by atoms with Crippen molar-refractivity contribution in [1.29, 1.82) is 0 Å². The number of amides is 3. The first kappa shape index (κ1) is 19.4. The first-order valence-corrected chi connectivity index (χ1v) is 10.4. The Morgan fingerprint density at radius 2 is 1.48 bits per heavy atom. The van der Waals surface area contributed by atoms with Crippen molar-refractivity contribution in [1.82, 2.24) is 10.2 Å². The van der Waals surface area contributed by atoms with Crippen molar-refractivity contribution < 1.29 is 14.4 Å². The Morgan fingerprint density at radius 1 is 0.897 bits per heavy atom. The second-order valence-electron chi connectivity index (χ2n) is 7.98. The summed E-state index contributed by atoms with van der Waals surface area (Å²) in [5.74, 6) is -0.556. The second-order valence-corrected chi connectivity index (χ2v) is 7.98. The lowest BCUT2D eigenvalue weighted by atomic mass is 9.89. The summed E-state index contributed by atoms with van der Waals surface area (Å²) in [6.07, 6.45) is 6.21. The van der Waals surface area contributed by atoms with Crippen LogP contribution in [0.1, 0.15) is 58.4 Å². The number of benzene rings is 2. The standard InChI is InChI=1S/C24H26N2O3/c27-22(25-16-18-11-5-2-6-12-18)21(15-17-9-3-1-4-10-17)26-23(28)19-13-7-8-14-20(19)24(26)29/h1,3-4,7-10,13-14,18,21H,2,5-6,11-12,15-16H2,(H,25,27)/t21-/m1/s1. The van der Waals surface area contributed by atoms with Gasteiger partial charge in [0.15, 0.2) is 0 Å². The number of carbonyl (C=O) groups excluding carboxylic acids is 3. The van der Waals surface area contributed by atoms with Crippen LogP contribution in [-0.2, 0) is 11.2 Å². The highest BCUT2D eigenvalue weighted by atomic mass is 16.2. The van der Waals surface area contributed by atoms with Gasteiger partial charge in [0.25, 0.3) is 11.8 Å². The third-order valence-corrected chi connectivity index (χ3v) is 6.00. The smallest absolute Gasteiger partial charge is 0.262 e. The molecule has 5 heteroatoms. The maximum absolute atomic E-state index is 13.2. The monoisotopic (exact) mass is 390 g/mol. The van der Waals surface area contributed by atoms with Gasteiger partial charge in [-0.15, -0.1) is 0 Å². The van der Waals surface area contributed by atoms with Crippen LogP contribution >= 0.6 is 0 Å². The Hall–Kier alpha value is -2.95. The van der Waals surface area contributed by atoms with Crippen LogP contribution in [0.4, 0.5) is 0 Å². The molecule has 1 aliphatic heterocycles. The molecular weight excluding hydrogens is 364 g/mol. The maximum Gasteiger partial charge on any atom is 0.262 e. The predicted molar refractivity (Wildman–Crippen MR) is 110 cm³/mol. The summed E-state index contributed by atoms with van der Waals surface area (Å²) in [7, 11) is 0. The summed E-state index contributed by atoms with van der Waals surface area (Å²) >= 11 is 0. The van der Waals surface area contributed by atoms with Crippen LogP contribution in [-0.4, -0.2) is 35.2 Å². The van der Waals surface area contributed by atoms with E-state index >= 15 is 0 Å². The predicted octanol–water partition coefficient (Wildman–Crippen LogP) is 3.59. The van der Waals surface area contributed by atoms with Crippen LogP contribution in [0, 0.1) is 5.92 Å². The van der Waals surface area contributed by atoms with Crippen LogP contribution in [0.3, 0.4) is 0 Å². The van der Waals surface area contributed by atoms with E-state index in [0.29, 0.717) is 30.0 Å². The molecule has 0 unspecified atom stereocenters. The van der Waals surface area contributed by atoms with Crippen molar-refractivity contribution in [3.05, 3.63) is 71.3 Å². The highest BCUT2D eigenvalue weighted by Crippen LogP contribution is 2.27. The Kier molecular flexibility index (Phi) is 5.74. The first-order chi connectivity index (χ1) is 14.1. The number of imide groups is 1. The van der Waals surface area contributed by atoms with Gasteiger partial charge >= 0.3 is 0 Å². The number of hydrogen-bond acceptors (Lipinski definition) is 3. The van der Waals surface area contributed by atoms with Gasteiger partial charge in [0, 0.05) is 13.0 Å². The zero-order chi connectivity index (χ0) is 20.2. The molecule has 29 heavy (non-hydrogen) atoms. The zero-order valence-electron chi connectivity index (χ0n) is 16.5. The van der Waals surface area contributed by atoms with Crippen LogP contribution in [0.2, 0.25) is 0 Å². The van der Waals surface area contributed by atoms with E-state index in [1.54, 1.807) is 24.3 Å². The highest BCUT2D eigenvalue weighted by Gasteiger charge is 2.42. The first-order valence-electron chi connectivity index (χ1n) is 10.4. The zero-order valence-corrected chi connectivity index (χ0v) is 16.5. The molecular formula is C24H26N2O3. The van der Waals surface area contributed by atoms with Crippen LogP contribution in [0.25, 0.3) is 0 Å². The molecule has 1 aliphatic carbocycles. The van der Waals surface area contributed by atoms with Crippen LogP contribution in [0.15, 0.2) is 54.6 Å². The molecule has 1 saturated carbocycles. The van der Waals surface area contributed by atoms with Crippen molar-refractivity contribution in [2.45, 2.75) is 44.6 Å². The summed E-state index contributed by atoms with van der Waals surface area (Å²) in [6, 6.07) is 15.5. The third kappa shape index (κ3) is 4.09. The molecule has 5 nitrogen and oxygen atoms in total. The fourth-order valence-electron chi connectivity index (χ4n) is 4.38. The van der Waals surface area contributed by atoms with E-state index in [2.05, 4.69) is 5.32 Å². The number of nitrogens with zero attached hydrogens (tertiary/aromatic N) is 1. The van der Waals surface area contributed by atoms with E-state index in [-0.39, 0.29) is 17.7 Å². The van der Waals surface area contributed by atoms with Crippen LogP contribution < -0.4 is 5.32 Å². The van der Waals surface area contributed by atoms with Crippen molar-refractivity contribution >= 4 is 17.7 Å². The molecule has 1 atom stereocenters. The molecule has 4 rings (SSSR count). The minimum Gasteiger partial charge on any atom is -0.354 e. The molecule has 1 N–H and O–H groups in total. The second kappa shape index (κ2) is 8.60. The molecule has 0 bridgehead atoms. The normalized spacial score (nSPS) is 17.9. The van der Waals surface area contributed by atoms with Crippen LogP contribution in [0.5, 0.6) is 0 Å². The summed E-state index contributed by atoms with van der Waals surface area (Å²) in [6.45, 7) is 0.604. The molecule has 2 aromatic rings. The van der Waals surface area contributed by atoms with Gasteiger partial charge in [0.05, 0.1) is 11.1 Å². The van der Waals surface area contributed by atoms with Gasteiger partial charge in [-0.1, -0.05) is 61.7 Å². The highest BCUT2D eigenvalue weighted by molar-refractivity contribution is 6.22. The maximum atomic E-state index is 13.2. The fourth-order valence-corrected chi connectivity index (χ4v) is 4.38. The summed E-state index contributed by atoms with van der Waals surface area (Å²) < 4.78 is 0. The Bertz CT molecular complexity index is 868. The molecule has 2 aromatic carbocycles. The van der Waals surface area contributed by atoms with E-state index in [1.807, 2.05) is 30.3 Å². The van der Waals surface area contributed by atoms with Gasteiger partial charge in [0.2, 0.25) is 5.91 Å². The summed E-state index contributed by atoms with van der Waals surface area (Å²) in [4.78, 5) is 40.3. The lowest BCUT2D eigenvalue weighted by molar-refractivity contribution is -0.125.